The summed E-state index contributed by atoms with van der Waals surface area (Å²) in [4.78, 5) is 2.31. The van der Waals surface area contributed by atoms with E-state index < -0.39 is 0 Å². The van der Waals surface area contributed by atoms with Crippen molar-refractivity contribution in [3.8, 4) is 5.69 Å². The van der Waals surface area contributed by atoms with E-state index in [4.69, 9.17) is 0 Å². The van der Waals surface area contributed by atoms with Crippen LogP contribution < -0.4 is 0 Å². The van der Waals surface area contributed by atoms with Gasteiger partial charge < -0.3 is 0 Å². The smallest absolute Gasteiger partial charge is 0.170 e. The molecule has 1 aromatic heterocycles. The zero-order chi connectivity index (χ0) is 14.7. The zero-order valence-electron chi connectivity index (χ0n) is 12.2. The molecule has 2 aromatic rings. The lowest BCUT2D eigenvalue weighted by Gasteiger charge is -2.30. The molecule has 0 bridgehead atoms. The van der Waals surface area contributed by atoms with Crippen molar-refractivity contribution in [1.82, 2.24) is 25.1 Å². The Kier molecular flexibility index (Phi) is 4.24. The summed E-state index contributed by atoms with van der Waals surface area (Å²) < 4.78 is 15.0. The molecule has 0 radical (unpaired) electrons. The van der Waals surface area contributed by atoms with E-state index in [9.17, 15) is 4.39 Å². The van der Waals surface area contributed by atoms with Gasteiger partial charge in [0.15, 0.2) is 5.82 Å². The topological polar surface area (TPSA) is 46.8 Å². The van der Waals surface area contributed by atoms with Gasteiger partial charge in [-0.15, -0.1) is 5.10 Å². The van der Waals surface area contributed by atoms with Crippen molar-refractivity contribution in [2.75, 3.05) is 7.05 Å². The highest BCUT2D eigenvalue weighted by Gasteiger charge is 2.20. The third-order valence-electron chi connectivity index (χ3n) is 4.18. The van der Waals surface area contributed by atoms with E-state index in [1.807, 2.05) is 6.07 Å². The molecule has 1 aliphatic rings. The van der Waals surface area contributed by atoms with Gasteiger partial charge in [-0.3, -0.25) is 4.90 Å². The number of nitrogens with zero attached hydrogens (tertiary/aromatic N) is 5. The largest absolute Gasteiger partial charge is 0.296 e. The molecule has 0 amide bonds. The Hall–Kier alpha value is -1.82. The molecule has 0 N–H and O–H groups in total. The van der Waals surface area contributed by atoms with Crippen LogP contribution in [0, 0.1) is 5.82 Å². The molecule has 112 valence electrons. The predicted octanol–water partition coefficient (Wildman–Crippen LogP) is 2.57. The molecule has 1 saturated carbocycles. The monoisotopic (exact) mass is 289 g/mol. The van der Waals surface area contributed by atoms with Crippen molar-refractivity contribution >= 4 is 0 Å². The van der Waals surface area contributed by atoms with Crippen LogP contribution in [0.5, 0.6) is 0 Å². The molecule has 0 aliphatic heterocycles. The van der Waals surface area contributed by atoms with Crippen LogP contribution in [0.4, 0.5) is 4.39 Å². The SMILES string of the molecule is CN(Cc1nnnn1-c1cccc(F)c1)C1CCCCC1. The lowest BCUT2D eigenvalue weighted by Crippen LogP contribution is -2.33. The summed E-state index contributed by atoms with van der Waals surface area (Å²) in [6.45, 7) is 0.675. The fraction of sp³-hybridized carbons (Fsp3) is 0.533. The molecular weight excluding hydrogens is 269 g/mol. The average molecular weight is 289 g/mol. The maximum atomic E-state index is 13.4. The van der Waals surface area contributed by atoms with Gasteiger partial charge in [-0.1, -0.05) is 25.3 Å². The van der Waals surface area contributed by atoms with E-state index in [0.717, 1.165) is 5.82 Å². The van der Waals surface area contributed by atoms with Gasteiger partial charge in [0.05, 0.1) is 12.2 Å². The van der Waals surface area contributed by atoms with Crippen molar-refractivity contribution in [2.45, 2.75) is 44.7 Å². The van der Waals surface area contributed by atoms with Crippen molar-refractivity contribution < 1.29 is 4.39 Å². The van der Waals surface area contributed by atoms with Crippen molar-refractivity contribution in [3.63, 3.8) is 0 Å². The maximum Gasteiger partial charge on any atom is 0.170 e. The Morgan fingerprint density at radius 3 is 2.86 bits per heavy atom. The third kappa shape index (κ3) is 3.26. The molecular formula is C15H20FN5. The summed E-state index contributed by atoms with van der Waals surface area (Å²) in [7, 11) is 2.11. The van der Waals surface area contributed by atoms with Gasteiger partial charge in [0, 0.05) is 6.04 Å². The van der Waals surface area contributed by atoms with Crippen molar-refractivity contribution in [2.24, 2.45) is 0 Å². The van der Waals surface area contributed by atoms with E-state index in [1.165, 1.54) is 44.2 Å². The lowest BCUT2D eigenvalue weighted by atomic mass is 9.94. The van der Waals surface area contributed by atoms with E-state index in [2.05, 4.69) is 27.5 Å². The first-order chi connectivity index (χ1) is 10.2. The summed E-state index contributed by atoms with van der Waals surface area (Å²) in [6.07, 6.45) is 6.40. The fourth-order valence-electron chi connectivity index (χ4n) is 2.99. The Labute approximate surface area is 123 Å². The third-order valence-corrected chi connectivity index (χ3v) is 4.18. The van der Waals surface area contributed by atoms with Crippen molar-refractivity contribution in [3.05, 3.63) is 35.9 Å². The van der Waals surface area contributed by atoms with Gasteiger partial charge in [0.2, 0.25) is 0 Å². The molecule has 0 atom stereocenters. The van der Waals surface area contributed by atoms with Gasteiger partial charge in [0.25, 0.3) is 0 Å². The molecule has 0 saturated heterocycles. The molecule has 5 nitrogen and oxygen atoms in total. The molecule has 1 heterocycles. The normalized spacial score (nSPS) is 16.5. The summed E-state index contributed by atoms with van der Waals surface area (Å²) in [5, 5.41) is 11.8. The van der Waals surface area contributed by atoms with Crippen LogP contribution in [0.25, 0.3) is 5.69 Å². The number of benzene rings is 1. The molecule has 1 aliphatic carbocycles. The van der Waals surface area contributed by atoms with E-state index in [-0.39, 0.29) is 5.82 Å². The molecule has 1 aromatic carbocycles. The highest BCUT2D eigenvalue weighted by molar-refractivity contribution is 5.31. The van der Waals surface area contributed by atoms with E-state index in [1.54, 1.807) is 10.7 Å². The second-order valence-corrected chi connectivity index (χ2v) is 5.69. The molecule has 0 unspecified atom stereocenters. The maximum absolute atomic E-state index is 13.4. The van der Waals surface area contributed by atoms with Gasteiger partial charge in [-0.25, -0.2) is 4.39 Å². The van der Waals surface area contributed by atoms with E-state index in [0.29, 0.717) is 18.3 Å². The first-order valence-corrected chi connectivity index (χ1v) is 7.47. The number of rotatable bonds is 4. The number of halogens is 1. The Bertz CT molecular complexity index is 591. The molecule has 6 heteroatoms. The molecule has 21 heavy (non-hydrogen) atoms. The minimum absolute atomic E-state index is 0.283. The standard InChI is InChI=1S/C15H20FN5/c1-20(13-7-3-2-4-8-13)11-15-17-18-19-21(15)14-9-5-6-12(16)10-14/h5-6,9-10,13H,2-4,7-8,11H2,1H3. The van der Waals surface area contributed by atoms with Crippen LogP contribution in [0.3, 0.4) is 0 Å². The molecule has 1 fully saturated rings. The minimum atomic E-state index is -0.283. The number of hydrogen-bond donors (Lipinski definition) is 0. The van der Waals surface area contributed by atoms with E-state index >= 15 is 0 Å². The van der Waals surface area contributed by atoms with Crippen LogP contribution in [-0.4, -0.2) is 38.2 Å². The van der Waals surface area contributed by atoms with Gasteiger partial charge in [0.1, 0.15) is 5.82 Å². The van der Waals surface area contributed by atoms with Gasteiger partial charge in [-0.2, -0.15) is 4.68 Å². The summed E-state index contributed by atoms with van der Waals surface area (Å²) in [5.74, 6) is 0.461. The lowest BCUT2D eigenvalue weighted by molar-refractivity contribution is 0.179. The van der Waals surface area contributed by atoms with Crippen LogP contribution >= 0.6 is 0 Å². The highest BCUT2D eigenvalue weighted by atomic mass is 19.1. The summed E-state index contributed by atoms with van der Waals surface area (Å²) in [5.41, 5.74) is 0.659. The van der Waals surface area contributed by atoms with Crippen LogP contribution in [0.1, 0.15) is 37.9 Å². The number of aromatic nitrogens is 4. The van der Waals surface area contributed by atoms with Crippen LogP contribution in [0.2, 0.25) is 0 Å². The highest BCUT2D eigenvalue weighted by Crippen LogP contribution is 2.22. The number of hydrogen-bond acceptors (Lipinski definition) is 4. The first kappa shape index (κ1) is 14.1. The first-order valence-electron chi connectivity index (χ1n) is 7.47. The van der Waals surface area contributed by atoms with Crippen LogP contribution in [0.15, 0.2) is 24.3 Å². The average Bonchev–Trinajstić information content (AvgIpc) is 2.96. The zero-order valence-corrected chi connectivity index (χ0v) is 12.2. The predicted molar refractivity (Wildman–Crippen MR) is 77.5 cm³/mol. The second kappa shape index (κ2) is 6.30. The summed E-state index contributed by atoms with van der Waals surface area (Å²) in [6, 6.07) is 6.93. The summed E-state index contributed by atoms with van der Waals surface area (Å²) >= 11 is 0. The van der Waals surface area contributed by atoms with Crippen LogP contribution in [-0.2, 0) is 6.54 Å². The number of tetrazole rings is 1. The molecule has 3 rings (SSSR count). The Morgan fingerprint density at radius 1 is 1.29 bits per heavy atom. The fourth-order valence-corrected chi connectivity index (χ4v) is 2.99. The van der Waals surface area contributed by atoms with Crippen molar-refractivity contribution in [1.29, 1.82) is 0 Å². The minimum Gasteiger partial charge on any atom is -0.296 e. The van der Waals surface area contributed by atoms with Gasteiger partial charge in [-0.05, 0) is 48.5 Å². The van der Waals surface area contributed by atoms with Gasteiger partial charge >= 0.3 is 0 Å². The Balaban J connectivity index is 1.76. The molecule has 0 spiro atoms. The Morgan fingerprint density at radius 2 is 2.10 bits per heavy atom. The second-order valence-electron chi connectivity index (χ2n) is 5.69. The quantitative estimate of drug-likeness (QED) is 0.868.